The summed E-state index contributed by atoms with van der Waals surface area (Å²) < 4.78 is 21.9. The molecule has 0 heterocycles. The van der Waals surface area contributed by atoms with E-state index in [1.54, 1.807) is 27.4 Å². The quantitative estimate of drug-likeness (QED) is 0.766. The lowest BCUT2D eigenvalue weighted by Crippen LogP contribution is -1.98. The highest BCUT2D eigenvalue weighted by atomic mass is 79.9. The van der Waals surface area contributed by atoms with E-state index in [1.807, 2.05) is 18.2 Å². The predicted octanol–water partition coefficient (Wildman–Crippen LogP) is 3.97. The molecule has 5 nitrogen and oxygen atoms in total. The van der Waals surface area contributed by atoms with Crippen molar-refractivity contribution in [2.45, 2.75) is 12.8 Å². The summed E-state index contributed by atoms with van der Waals surface area (Å²) in [4.78, 5) is 0. The molecule has 0 fully saturated rings. The van der Waals surface area contributed by atoms with Gasteiger partial charge in [-0.15, -0.1) is 0 Å². The molecule has 0 aliphatic rings. The number of phenolic OH excluding ortho intramolecular Hbond substituents is 1. The summed E-state index contributed by atoms with van der Waals surface area (Å²) in [5.41, 5.74) is 2.05. The Balaban J connectivity index is 2.22. The van der Waals surface area contributed by atoms with Crippen LogP contribution in [0.1, 0.15) is 11.1 Å². The van der Waals surface area contributed by atoms with Crippen molar-refractivity contribution in [2.24, 2.45) is 0 Å². The first-order chi connectivity index (χ1) is 11.5. The van der Waals surface area contributed by atoms with Gasteiger partial charge in [-0.1, -0.05) is 0 Å². The zero-order valence-electron chi connectivity index (χ0n) is 14.2. The van der Waals surface area contributed by atoms with Crippen molar-refractivity contribution in [1.29, 1.82) is 0 Å². The summed E-state index contributed by atoms with van der Waals surface area (Å²) in [6, 6.07) is 7.51. The van der Waals surface area contributed by atoms with E-state index >= 15 is 0 Å². The van der Waals surface area contributed by atoms with Gasteiger partial charge in [0, 0.05) is 0 Å². The fraction of sp³-hybridized carbons (Fsp3) is 0.333. The predicted molar refractivity (Wildman–Crippen MR) is 95.9 cm³/mol. The zero-order valence-corrected chi connectivity index (χ0v) is 15.8. The molecule has 0 atom stereocenters. The molecule has 0 unspecified atom stereocenters. The molecule has 2 aromatic rings. The number of methoxy groups -OCH3 is 4. The lowest BCUT2D eigenvalue weighted by atomic mass is 10.0. The molecule has 0 amide bonds. The average molecular weight is 397 g/mol. The summed E-state index contributed by atoms with van der Waals surface area (Å²) in [5.74, 6) is 2.28. The van der Waals surface area contributed by atoms with Gasteiger partial charge in [0.15, 0.2) is 23.0 Å². The van der Waals surface area contributed by atoms with Gasteiger partial charge < -0.3 is 24.1 Å². The molecule has 6 heteroatoms. The van der Waals surface area contributed by atoms with Crippen LogP contribution >= 0.6 is 15.9 Å². The second-order valence-corrected chi connectivity index (χ2v) is 6.02. The van der Waals surface area contributed by atoms with Crippen LogP contribution in [0.2, 0.25) is 0 Å². The average Bonchev–Trinajstić information content (AvgIpc) is 2.58. The highest BCUT2D eigenvalue weighted by Gasteiger charge is 2.13. The Morgan fingerprint density at radius 1 is 0.750 bits per heavy atom. The molecule has 0 spiro atoms. The molecule has 0 aromatic heterocycles. The minimum Gasteiger partial charge on any atom is -0.504 e. The number of rotatable bonds is 7. The molecule has 0 saturated heterocycles. The molecule has 2 rings (SSSR count). The number of aryl methyl sites for hydroxylation is 2. The van der Waals surface area contributed by atoms with Gasteiger partial charge in [-0.3, -0.25) is 0 Å². The molecule has 1 N–H and O–H groups in total. The highest BCUT2D eigenvalue weighted by molar-refractivity contribution is 9.10. The van der Waals surface area contributed by atoms with Crippen molar-refractivity contribution in [3.63, 3.8) is 0 Å². The van der Waals surface area contributed by atoms with Gasteiger partial charge in [-0.2, -0.15) is 0 Å². The Labute approximate surface area is 150 Å². The van der Waals surface area contributed by atoms with Crippen LogP contribution in [-0.2, 0) is 12.8 Å². The lowest BCUT2D eigenvalue weighted by molar-refractivity contribution is 0.332. The molecule has 0 aliphatic carbocycles. The Morgan fingerprint density at radius 3 is 1.75 bits per heavy atom. The molecule has 0 bridgehead atoms. The minimum absolute atomic E-state index is 0.0698. The first-order valence-corrected chi connectivity index (χ1v) is 8.17. The molecular formula is C18H21BrO5. The van der Waals surface area contributed by atoms with E-state index in [0.717, 1.165) is 28.4 Å². The standard InChI is InChI=1S/C18H21BrO5/c1-21-15-9-11(7-13(19)17(15)23-3)5-6-12-8-14(20)18(24-4)16(10-12)22-2/h7-10,20H,5-6H2,1-4H3. The maximum atomic E-state index is 10.0. The molecule has 2 aromatic carbocycles. The summed E-state index contributed by atoms with van der Waals surface area (Å²) in [6.07, 6.45) is 1.50. The number of ether oxygens (including phenoxy) is 4. The van der Waals surface area contributed by atoms with Crippen molar-refractivity contribution in [2.75, 3.05) is 28.4 Å². The SMILES string of the molecule is COc1cc(CCc2cc(Br)c(OC)c(OC)c2)cc(O)c1OC. The maximum absolute atomic E-state index is 10.0. The Morgan fingerprint density at radius 2 is 1.25 bits per heavy atom. The number of halogens is 1. The van der Waals surface area contributed by atoms with Crippen LogP contribution in [0.5, 0.6) is 28.7 Å². The van der Waals surface area contributed by atoms with E-state index in [2.05, 4.69) is 15.9 Å². The Bertz CT molecular complexity index is 654. The van der Waals surface area contributed by atoms with E-state index < -0.39 is 0 Å². The number of hydrogen-bond acceptors (Lipinski definition) is 5. The van der Waals surface area contributed by atoms with E-state index in [9.17, 15) is 5.11 Å². The third-order valence-electron chi connectivity index (χ3n) is 3.71. The molecular weight excluding hydrogens is 376 g/mol. The second kappa shape index (κ2) is 8.15. The monoisotopic (exact) mass is 396 g/mol. The van der Waals surface area contributed by atoms with E-state index in [0.29, 0.717) is 23.0 Å². The van der Waals surface area contributed by atoms with Gasteiger partial charge in [0.2, 0.25) is 5.75 Å². The number of phenols is 1. The van der Waals surface area contributed by atoms with Crippen molar-refractivity contribution < 1.29 is 24.1 Å². The zero-order chi connectivity index (χ0) is 17.7. The second-order valence-electron chi connectivity index (χ2n) is 5.16. The van der Waals surface area contributed by atoms with E-state index in [1.165, 1.54) is 7.11 Å². The fourth-order valence-electron chi connectivity index (χ4n) is 2.55. The largest absolute Gasteiger partial charge is 0.504 e. The number of aromatic hydroxyl groups is 1. The first kappa shape index (κ1) is 18.3. The van der Waals surface area contributed by atoms with Crippen LogP contribution in [0.3, 0.4) is 0 Å². The minimum atomic E-state index is 0.0698. The van der Waals surface area contributed by atoms with Gasteiger partial charge in [-0.25, -0.2) is 0 Å². The molecule has 130 valence electrons. The van der Waals surface area contributed by atoms with E-state index in [-0.39, 0.29) is 5.75 Å². The maximum Gasteiger partial charge on any atom is 0.203 e. The van der Waals surface area contributed by atoms with Crippen LogP contribution in [0.4, 0.5) is 0 Å². The Hall–Kier alpha value is -2.08. The highest BCUT2D eigenvalue weighted by Crippen LogP contribution is 2.39. The molecule has 0 aliphatic heterocycles. The summed E-state index contributed by atoms with van der Waals surface area (Å²) >= 11 is 3.50. The van der Waals surface area contributed by atoms with Gasteiger partial charge in [0.1, 0.15) is 0 Å². The number of benzene rings is 2. The molecule has 0 saturated carbocycles. The van der Waals surface area contributed by atoms with Gasteiger partial charge >= 0.3 is 0 Å². The smallest absolute Gasteiger partial charge is 0.203 e. The van der Waals surface area contributed by atoms with Crippen LogP contribution in [0.15, 0.2) is 28.7 Å². The first-order valence-electron chi connectivity index (χ1n) is 7.38. The summed E-state index contributed by atoms with van der Waals surface area (Å²) in [6.45, 7) is 0. The Kier molecular flexibility index (Phi) is 6.20. The van der Waals surface area contributed by atoms with Crippen molar-refractivity contribution in [3.8, 4) is 28.7 Å². The fourth-order valence-corrected chi connectivity index (χ4v) is 3.20. The third-order valence-corrected chi connectivity index (χ3v) is 4.30. The van der Waals surface area contributed by atoms with E-state index in [4.69, 9.17) is 18.9 Å². The van der Waals surface area contributed by atoms with Crippen LogP contribution in [0, 0.1) is 0 Å². The van der Waals surface area contributed by atoms with Crippen molar-refractivity contribution in [1.82, 2.24) is 0 Å². The summed E-state index contributed by atoms with van der Waals surface area (Å²) in [5, 5.41) is 10.0. The van der Waals surface area contributed by atoms with Gasteiger partial charge in [-0.05, 0) is 64.2 Å². The van der Waals surface area contributed by atoms with Gasteiger partial charge in [0.05, 0.1) is 32.9 Å². The molecule has 0 radical (unpaired) electrons. The topological polar surface area (TPSA) is 57.2 Å². The lowest BCUT2D eigenvalue weighted by Gasteiger charge is -2.13. The third kappa shape index (κ3) is 3.87. The van der Waals surface area contributed by atoms with Crippen molar-refractivity contribution in [3.05, 3.63) is 39.9 Å². The summed E-state index contributed by atoms with van der Waals surface area (Å²) in [7, 11) is 6.26. The number of hydrogen-bond donors (Lipinski definition) is 1. The molecule has 24 heavy (non-hydrogen) atoms. The van der Waals surface area contributed by atoms with Crippen LogP contribution < -0.4 is 18.9 Å². The van der Waals surface area contributed by atoms with Gasteiger partial charge in [0.25, 0.3) is 0 Å². The van der Waals surface area contributed by atoms with Crippen molar-refractivity contribution >= 4 is 15.9 Å². The van der Waals surface area contributed by atoms with Crippen LogP contribution in [-0.4, -0.2) is 33.5 Å². The normalized spacial score (nSPS) is 10.4. The van der Waals surface area contributed by atoms with Crippen LogP contribution in [0.25, 0.3) is 0 Å².